The maximum atomic E-state index is 10.7. The van der Waals surface area contributed by atoms with Crippen LogP contribution in [0.25, 0.3) is 0 Å². The Morgan fingerprint density at radius 1 is 1.07 bits per heavy atom. The molecule has 0 aromatic heterocycles. The third-order valence-electron chi connectivity index (χ3n) is 4.40. The van der Waals surface area contributed by atoms with E-state index in [1.807, 2.05) is 0 Å². The largest absolute Gasteiger partial charge is 0.390 e. The Morgan fingerprint density at radius 2 is 1.60 bits per heavy atom. The molecular formula is C14H26O. The molecule has 0 bridgehead atoms. The van der Waals surface area contributed by atoms with Crippen molar-refractivity contribution in [1.82, 2.24) is 0 Å². The summed E-state index contributed by atoms with van der Waals surface area (Å²) >= 11 is 0. The summed E-state index contributed by atoms with van der Waals surface area (Å²) < 4.78 is 0. The minimum absolute atomic E-state index is 0.313. The second kappa shape index (κ2) is 4.45. The summed E-state index contributed by atoms with van der Waals surface area (Å²) in [5, 5.41) is 10.7. The Labute approximate surface area is 94.3 Å². The van der Waals surface area contributed by atoms with Crippen LogP contribution in [0.1, 0.15) is 65.2 Å². The molecular weight excluding hydrogens is 184 g/mol. The summed E-state index contributed by atoms with van der Waals surface area (Å²) in [7, 11) is 0. The lowest BCUT2D eigenvalue weighted by Crippen LogP contribution is -2.39. The minimum atomic E-state index is -0.313. The van der Waals surface area contributed by atoms with Gasteiger partial charge in [0.05, 0.1) is 5.60 Å². The fourth-order valence-electron chi connectivity index (χ4n) is 4.15. The van der Waals surface area contributed by atoms with Crippen molar-refractivity contribution >= 4 is 0 Å². The average molecular weight is 210 g/mol. The number of rotatable bonds is 2. The zero-order valence-electron chi connectivity index (χ0n) is 10.3. The van der Waals surface area contributed by atoms with E-state index in [0.717, 1.165) is 37.0 Å². The molecule has 2 aliphatic carbocycles. The Morgan fingerprint density at radius 3 is 2.13 bits per heavy atom. The molecule has 1 nitrogen and oxygen atoms in total. The first-order chi connectivity index (χ1) is 7.07. The lowest BCUT2D eigenvalue weighted by Gasteiger charge is -2.40. The van der Waals surface area contributed by atoms with E-state index in [2.05, 4.69) is 13.8 Å². The van der Waals surface area contributed by atoms with Crippen LogP contribution in [-0.2, 0) is 0 Å². The summed E-state index contributed by atoms with van der Waals surface area (Å²) in [5.74, 6) is 2.27. The van der Waals surface area contributed by atoms with Gasteiger partial charge >= 0.3 is 0 Å². The van der Waals surface area contributed by atoms with Gasteiger partial charge in [-0.1, -0.05) is 39.5 Å². The predicted octanol–water partition coefficient (Wildman–Crippen LogP) is 3.75. The Balaban J connectivity index is 1.92. The third kappa shape index (κ3) is 2.96. The lowest BCUT2D eigenvalue weighted by atomic mass is 9.70. The Kier molecular flexibility index (Phi) is 3.39. The molecule has 15 heavy (non-hydrogen) atoms. The summed E-state index contributed by atoms with van der Waals surface area (Å²) in [6.07, 6.45) is 10.0. The molecule has 1 heteroatoms. The van der Waals surface area contributed by atoms with Crippen LogP contribution in [0.4, 0.5) is 0 Å². The minimum Gasteiger partial charge on any atom is -0.390 e. The SMILES string of the molecule is CC1CC(C)CC(O)(CC2CCCC2)C1. The molecule has 0 aromatic rings. The van der Waals surface area contributed by atoms with E-state index in [1.165, 1.54) is 32.1 Å². The maximum Gasteiger partial charge on any atom is 0.0655 e. The maximum absolute atomic E-state index is 10.7. The van der Waals surface area contributed by atoms with Crippen molar-refractivity contribution in [2.24, 2.45) is 17.8 Å². The summed E-state index contributed by atoms with van der Waals surface area (Å²) in [6.45, 7) is 4.60. The van der Waals surface area contributed by atoms with E-state index < -0.39 is 0 Å². The highest BCUT2D eigenvalue weighted by atomic mass is 16.3. The van der Waals surface area contributed by atoms with Crippen LogP contribution >= 0.6 is 0 Å². The highest BCUT2D eigenvalue weighted by molar-refractivity contribution is 4.90. The first kappa shape index (κ1) is 11.4. The molecule has 0 aliphatic heterocycles. The van der Waals surface area contributed by atoms with E-state index in [9.17, 15) is 5.11 Å². The lowest BCUT2D eigenvalue weighted by molar-refractivity contribution is -0.0484. The van der Waals surface area contributed by atoms with E-state index in [-0.39, 0.29) is 5.60 Å². The third-order valence-corrected chi connectivity index (χ3v) is 4.40. The van der Waals surface area contributed by atoms with Gasteiger partial charge in [0.2, 0.25) is 0 Å². The predicted molar refractivity (Wildman–Crippen MR) is 63.7 cm³/mol. The fourth-order valence-corrected chi connectivity index (χ4v) is 4.15. The highest BCUT2D eigenvalue weighted by Crippen LogP contribution is 2.42. The van der Waals surface area contributed by atoms with Gasteiger partial charge in [-0.3, -0.25) is 0 Å². The van der Waals surface area contributed by atoms with Gasteiger partial charge in [-0.05, 0) is 43.4 Å². The van der Waals surface area contributed by atoms with Crippen molar-refractivity contribution in [2.45, 2.75) is 70.8 Å². The van der Waals surface area contributed by atoms with E-state index >= 15 is 0 Å². The van der Waals surface area contributed by atoms with Crippen molar-refractivity contribution in [1.29, 1.82) is 0 Å². The van der Waals surface area contributed by atoms with Gasteiger partial charge in [-0.25, -0.2) is 0 Å². The second-order valence-electron chi connectivity index (χ2n) is 6.43. The average Bonchev–Trinajstić information content (AvgIpc) is 2.52. The first-order valence-corrected chi connectivity index (χ1v) is 6.80. The highest BCUT2D eigenvalue weighted by Gasteiger charge is 2.38. The van der Waals surface area contributed by atoms with Crippen molar-refractivity contribution in [3.8, 4) is 0 Å². The van der Waals surface area contributed by atoms with Crippen LogP contribution in [0.3, 0.4) is 0 Å². The number of aliphatic hydroxyl groups is 1. The molecule has 0 heterocycles. The monoisotopic (exact) mass is 210 g/mol. The molecule has 2 atom stereocenters. The van der Waals surface area contributed by atoms with Gasteiger partial charge in [-0.2, -0.15) is 0 Å². The zero-order valence-corrected chi connectivity index (χ0v) is 10.3. The van der Waals surface area contributed by atoms with Gasteiger partial charge in [0.1, 0.15) is 0 Å². The Hall–Kier alpha value is -0.0400. The van der Waals surface area contributed by atoms with Gasteiger partial charge in [0.15, 0.2) is 0 Å². The molecule has 2 fully saturated rings. The molecule has 2 saturated carbocycles. The van der Waals surface area contributed by atoms with Crippen molar-refractivity contribution in [2.75, 3.05) is 0 Å². The molecule has 2 unspecified atom stereocenters. The topological polar surface area (TPSA) is 20.2 Å². The number of hydrogen-bond donors (Lipinski definition) is 1. The quantitative estimate of drug-likeness (QED) is 0.736. The normalized spacial score (nSPS) is 43.4. The molecule has 0 radical (unpaired) electrons. The summed E-state index contributed by atoms with van der Waals surface area (Å²) in [4.78, 5) is 0. The van der Waals surface area contributed by atoms with Crippen LogP contribution in [-0.4, -0.2) is 10.7 Å². The zero-order chi connectivity index (χ0) is 10.9. The molecule has 0 amide bonds. The molecule has 0 aromatic carbocycles. The molecule has 2 rings (SSSR count). The standard InChI is InChI=1S/C14H26O/c1-11-7-12(2)9-14(15,8-11)10-13-5-3-4-6-13/h11-13,15H,3-10H2,1-2H3. The molecule has 0 spiro atoms. The van der Waals surface area contributed by atoms with Crippen LogP contribution in [0.2, 0.25) is 0 Å². The second-order valence-corrected chi connectivity index (χ2v) is 6.43. The van der Waals surface area contributed by atoms with Gasteiger partial charge in [-0.15, -0.1) is 0 Å². The van der Waals surface area contributed by atoms with Crippen LogP contribution in [0, 0.1) is 17.8 Å². The summed E-state index contributed by atoms with van der Waals surface area (Å²) in [6, 6.07) is 0. The van der Waals surface area contributed by atoms with Gasteiger partial charge in [0, 0.05) is 0 Å². The van der Waals surface area contributed by atoms with Crippen LogP contribution in [0.15, 0.2) is 0 Å². The molecule has 88 valence electrons. The van der Waals surface area contributed by atoms with Crippen LogP contribution in [0.5, 0.6) is 0 Å². The molecule has 1 N–H and O–H groups in total. The van der Waals surface area contributed by atoms with E-state index in [0.29, 0.717) is 0 Å². The van der Waals surface area contributed by atoms with Crippen molar-refractivity contribution < 1.29 is 5.11 Å². The van der Waals surface area contributed by atoms with E-state index in [1.54, 1.807) is 0 Å². The summed E-state index contributed by atoms with van der Waals surface area (Å²) in [5.41, 5.74) is -0.313. The number of hydrogen-bond acceptors (Lipinski definition) is 1. The van der Waals surface area contributed by atoms with E-state index in [4.69, 9.17) is 0 Å². The fraction of sp³-hybridized carbons (Fsp3) is 1.00. The van der Waals surface area contributed by atoms with Gasteiger partial charge < -0.3 is 5.11 Å². The molecule has 2 aliphatic rings. The van der Waals surface area contributed by atoms with Crippen molar-refractivity contribution in [3.05, 3.63) is 0 Å². The van der Waals surface area contributed by atoms with Crippen LogP contribution < -0.4 is 0 Å². The van der Waals surface area contributed by atoms with Gasteiger partial charge in [0.25, 0.3) is 0 Å². The molecule has 0 saturated heterocycles. The smallest absolute Gasteiger partial charge is 0.0655 e. The van der Waals surface area contributed by atoms with Crippen molar-refractivity contribution in [3.63, 3.8) is 0 Å². The Bertz CT molecular complexity index is 195. The first-order valence-electron chi connectivity index (χ1n) is 6.80.